The highest BCUT2D eigenvalue weighted by molar-refractivity contribution is 5.83. The van der Waals surface area contributed by atoms with Gasteiger partial charge in [-0.25, -0.2) is 0 Å². The van der Waals surface area contributed by atoms with Crippen molar-refractivity contribution in [2.75, 3.05) is 0 Å². The Kier molecular flexibility index (Phi) is 9.10. The third kappa shape index (κ3) is 6.46. The second-order valence-electron chi connectivity index (χ2n) is 9.05. The molecule has 3 rings (SSSR count). The maximum atomic E-state index is 12.3. The maximum Gasteiger partial charge on any atom is 0.221 e. The number of rotatable bonds is 12. The van der Waals surface area contributed by atoms with Crippen LogP contribution in [0.3, 0.4) is 0 Å². The van der Waals surface area contributed by atoms with Crippen LogP contribution in [-0.4, -0.2) is 5.91 Å². The number of fused-ring (bicyclic) bond motifs is 1. The Balaban J connectivity index is 1.66. The van der Waals surface area contributed by atoms with Gasteiger partial charge in [0.2, 0.25) is 5.91 Å². The fourth-order valence-electron chi connectivity index (χ4n) is 5.03. The van der Waals surface area contributed by atoms with Crippen LogP contribution in [0.15, 0.2) is 85.1 Å². The number of nitrogens with two attached hydrogens (primary N) is 1. The van der Waals surface area contributed by atoms with Gasteiger partial charge in [-0.3, -0.25) is 4.79 Å². The van der Waals surface area contributed by atoms with Crippen LogP contribution >= 0.6 is 0 Å². The van der Waals surface area contributed by atoms with E-state index in [0.29, 0.717) is 0 Å². The first-order valence-electron chi connectivity index (χ1n) is 12.2. The van der Waals surface area contributed by atoms with E-state index in [9.17, 15) is 4.79 Å². The number of primary amides is 1. The zero-order chi connectivity index (χ0) is 23.6. The van der Waals surface area contributed by atoms with Crippen LogP contribution in [0, 0.1) is 11.8 Å². The second kappa shape index (κ2) is 12.2. The van der Waals surface area contributed by atoms with Crippen molar-refractivity contribution >= 4 is 11.5 Å². The van der Waals surface area contributed by atoms with Gasteiger partial charge in [-0.05, 0) is 97.6 Å². The number of benzene rings is 2. The molecule has 0 aliphatic heterocycles. The van der Waals surface area contributed by atoms with Crippen molar-refractivity contribution in [1.82, 2.24) is 0 Å². The maximum absolute atomic E-state index is 12.3. The number of hydrogen-bond acceptors (Lipinski definition) is 1. The molecule has 172 valence electrons. The van der Waals surface area contributed by atoms with Crippen molar-refractivity contribution in [1.29, 1.82) is 0 Å². The topological polar surface area (TPSA) is 43.1 Å². The molecule has 2 N–H and O–H groups in total. The van der Waals surface area contributed by atoms with Gasteiger partial charge in [0.1, 0.15) is 0 Å². The van der Waals surface area contributed by atoms with E-state index in [0.717, 1.165) is 56.9 Å². The lowest BCUT2D eigenvalue weighted by atomic mass is 9.83. The molecule has 2 aromatic rings. The number of allylic oxidation sites excluding steroid dienone is 4. The first-order valence-corrected chi connectivity index (χ1v) is 12.2. The van der Waals surface area contributed by atoms with E-state index >= 15 is 0 Å². The number of aryl methyl sites for hydroxylation is 2. The average Bonchev–Trinajstić information content (AvgIpc) is 3.16. The lowest BCUT2D eigenvalue weighted by molar-refractivity contribution is -0.123. The predicted octanol–water partition coefficient (Wildman–Crippen LogP) is 7.00. The lowest BCUT2D eigenvalue weighted by Crippen LogP contribution is -2.30. The SMILES string of the molecule is C=C=C(CCc1ccccc1)CCc1cccc2c1CC(C(CCC/C=C\C)C(N)=O)C2=C. The number of amides is 1. The normalized spacial score (nSPS) is 15.9. The van der Waals surface area contributed by atoms with Crippen LogP contribution in [0.1, 0.15) is 61.3 Å². The van der Waals surface area contributed by atoms with Crippen molar-refractivity contribution in [2.45, 2.75) is 58.3 Å². The molecule has 2 atom stereocenters. The largest absolute Gasteiger partial charge is 0.369 e. The number of unbranched alkanes of at least 4 members (excludes halogenated alkanes) is 1. The number of carbonyl (C=O) groups is 1. The smallest absolute Gasteiger partial charge is 0.221 e. The van der Waals surface area contributed by atoms with Crippen molar-refractivity contribution in [3.8, 4) is 0 Å². The molecule has 2 nitrogen and oxygen atoms in total. The van der Waals surface area contributed by atoms with Gasteiger partial charge in [-0.15, -0.1) is 5.73 Å². The first-order chi connectivity index (χ1) is 16.0. The van der Waals surface area contributed by atoms with Crippen LogP contribution in [-0.2, 0) is 24.1 Å². The van der Waals surface area contributed by atoms with E-state index in [1.165, 1.54) is 27.8 Å². The molecule has 0 saturated carbocycles. The van der Waals surface area contributed by atoms with E-state index in [4.69, 9.17) is 5.73 Å². The highest BCUT2D eigenvalue weighted by Crippen LogP contribution is 2.43. The van der Waals surface area contributed by atoms with Crippen molar-refractivity contribution < 1.29 is 4.79 Å². The fourth-order valence-corrected chi connectivity index (χ4v) is 5.03. The molecule has 2 unspecified atom stereocenters. The van der Waals surface area contributed by atoms with Crippen LogP contribution in [0.5, 0.6) is 0 Å². The summed E-state index contributed by atoms with van der Waals surface area (Å²) in [6.07, 6.45) is 11.7. The molecule has 1 aliphatic rings. The third-order valence-corrected chi connectivity index (χ3v) is 6.97. The summed E-state index contributed by atoms with van der Waals surface area (Å²) in [5.74, 6) is -0.247. The number of carbonyl (C=O) groups excluding carboxylic acids is 1. The molecule has 0 bridgehead atoms. The van der Waals surface area contributed by atoms with Gasteiger partial charge in [0.15, 0.2) is 0 Å². The summed E-state index contributed by atoms with van der Waals surface area (Å²) in [6.45, 7) is 10.3. The summed E-state index contributed by atoms with van der Waals surface area (Å²) < 4.78 is 0. The minimum atomic E-state index is -0.200. The Morgan fingerprint density at radius 2 is 1.91 bits per heavy atom. The monoisotopic (exact) mass is 439 g/mol. The van der Waals surface area contributed by atoms with E-state index < -0.39 is 0 Å². The van der Waals surface area contributed by atoms with Crippen LogP contribution in [0.4, 0.5) is 0 Å². The summed E-state index contributed by atoms with van der Waals surface area (Å²) in [5, 5.41) is 0. The zero-order valence-electron chi connectivity index (χ0n) is 20.0. The molecule has 0 radical (unpaired) electrons. The molecule has 0 heterocycles. The van der Waals surface area contributed by atoms with Gasteiger partial charge >= 0.3 is 0 Å². The summed E-state index contributed by atoms with van der Waals surface area (Å²) in [7, 11) is 0. The summed E-state index contributed by atoms with van der Waals surface area (Å²) >= 11 is 0. The van der Waals surface area contributed by atoms with Crippen molar-refractivity contribution in [3.05, 3.63) is 107 Å². The molecule has 0 saturated heterocycles. The molecule has 1 aliphatic carbocycles. The molecule has 2 aromatic carbocycles. The minimum absolute atomic E-state index is 0.108. The lowest BCUT2D eigenvalue weighted by Gasteiger charge is -2.21. The zero-order valence-corrected chi connectivity index (χ0v) is 20.0. The van der Waals surface area contributed by atoms with Gasteiger partial charge < -0.3 is 5.73 Å². The van der Waals surface area contributed by atoms with Crippen molar-refractivity contribution in [2.24, 2.45) is 17.6 Å². The third-order valence-electron chi connectivity index (χ3n) is 6.97. The van der Waals surface area contributed by atoms with Crippen LogP contribution in [0.2, 0.25) is 0 Å². The fraction of sp³-hybridized carbons (Fsp3) is 0.355. The Morgan fingerprint density at radius 3 is 2.61 bits per heavy atom. The van der Waals surface area contributed by atoms with E-state index in [-0.39, 0.29) is 17.7 Å². The summed E-state index contributed by atoms with van der Waals surface area (Å²) in [5.41, 5.74) is 16.6. The van der Waals surface area contributed by atoms with Gasteiger partial charge in [0, 0.05) is 5.92 Å². The molecule has 33 heavy (non-hydrogen) atoms. The molecular weight excluding hydrogens is 402 g/mol. The van der Waals surface area contributed by atoms with Gasteiger partial charge in [-0.1, -0.05) is 73.8 Å². The second-order valence-corrected chi connectivity index (χ2v) is 9.05. The molecule has 1 amide bonds. The van der Waals surface area contributed by atoms with Crippen molar-refractivity contribution in [3.63, 3.8) is 0 Å². The Hall–Kier alpha value is -3.09. The van der Waals surface area contributed by atoms with Crippen LogP contribution < -0.4 is 5.73 Å². The average molecular weight is 440 g/mol. The molecular formula is C31H37NO. The molecule has 0 fully saturated rings. The molecule has 0 spiro atoms. The van der Waals surface area contributed by atoms with E-state index in [1.54, 1.807) is 0 Å². The highest BCUT2D eigenvalue weighted by Gasteiger charge is 2.35. The van der Waals surface area contributed by atoms with E-state index in [2.05, 4.69) is 79.6 Å². The van der Waals surface area contributed by atoms with E-state index in [1.807, 2.05) is 6.92 Å². The summed E-state index contributed by atoms with van der Waals surface area (Å²) in [4.78, 5) is 12.3. The van der Waals surface area contributed by atoms with Crippen LogP contribution in [0.25, 0.3) is 5.57 Å². The highest BCUT2D eigenvalue weighted by atomic mass is 16.1. The Morgan fingerprint density at radius 1 is 1.15 bits per heavy atom. The van der Waals surface area contributed by atoms with Gasteiger partial charge in [0.25, 0.3) is 0 Å². The summed E-state index contributed by atoms with van der Waals surface area (Å²) in [6, 6.07) is 17.1. The van der Waals surface area contributed by atoms with Gasteiger partial charge in [-0.2, -0.15) is 0 Å². The molecule has 0 aromatic heterocycles. The Bertz CT molecular complexity index is 1040. The standard InChI is InChI=1S/C31H37NO/c1-4-6-7-11-16-28(31(32)33)29-22-30-26(15-12-17-27(30)23(29)3)21-20-24(5-2)18-19-25-13-9-8-10-14-25/h4,6,8-10,12-15,17,28-29H,2-3,7,11,16,18-22H2,1H3,(H2,32,33)/b6-4-. The molecule has 2 heteroatoms. The quantitative estimate of drug-likeness (QED) is 0.216. The Labute approximate surface area is 199 Å². The predicted molar refractivity (Wildman–Crippen MR) is 140 cm³/mol. The number of hydrogen-bond donors (Lipinski definition) is 1. The van der Waals surface area contributed by atoms with Gasteiger partial charge in [0.05, 0.1) is 0 Å². The minimum Gasteiger partial charge on any atom is -0.369 e. The first kappa shape index (κ1) is 24.6.